The maximum absolute atomic E-state index is 6.20. The molecule has 2 rings (SSSR count). The van der Waals surface area contributed by atoms with Gasteiger partial charge in [-0.2, -0.15) is 0 Å². The topological polar surface area (TPSA) is 26.0 Å². The van der Waals surface area contributed by atoms with Crippen LogP contribution in [0.4, 0.5) is 0 Å². The Kier molecular flexibility index (Phi) is 4.75. The largest absolute Gasteiger partial charge is 0.324 e. The van der Waals surface area contributed by atoms with E-state index in [4.69, 9.17) is 40.5 Å². The fourth-order valence-corrected chi connectivity index (χ4v) is 2.56. The molecule has 0 saturated heterocycles. The summed E-state index contributed by atoms with van der Waals surface area (Å²) in [6.07, 6.45) is 0.648. The zero-order valence-corrected chi connectivity index (χ0v) is 12.7. The first-order valence-corrected chi connectivity index (χ1v) is 7.06. The van der Waals surface area contributed by atoms with E-state index < -0.39 is 0 Å². The van der Waals surface area contributed by atoms with Gasteiger partial charge in [-0.1, -0.05) is 53.0 Å². The summed E-state index contributed by atoms with van der Waals surface area (Å²) in [7, 11) is 0. The van der Waals surface area contributed by atoms with Crippen LogP contribution >= 0.6 is 34.8 Å². The van der Waals surface area contributed by atoms with Crippen molar-refractivity contribution in [1.29, 1.82) is 0 Å². The molecule has 0 aliphatic rings. The lowest BCUT2D eigenvalue weighted by Gasteiger charge is -2.14. The molecule has 1 unspecified atom stereocenters. The Morgan fingerprint density at radius 2 is 1.74 bits per heavy atom. The number of nitrogens with two attached hydrogens (primary N) is 1. The molecule has 0 spiro atoms. The highest BCUT2D eigenvalue weighted by atomic mass is 35.5. The third kappa shape index (κ3) is 3.64. The molecule has 1 atom stereocenters. The Hall–Kier alpha value is -0.730. The van der Waals surface area contributed by atoms with Crippen LogP contribution in [0.3, 0.4) is 0 Å². The molecular weight excluding hydrogens is 301 g/mol. The first-order chi connectivity index (χ1) is 8.97. The monoisotopic (exact) mass is 313 g/mol. The minimum atomic E-state index is -0.142. The molecule has 0 aliphatic carbocycles. The zero-order chi connectivity index (χ0) is 14.0. The zero-order valence-electron chi connectivity index (χ0n) is 10.5. The lowest BCUT2D eigenvalue weighted by atomic mass is 9.99. The van der Waals surface area contributed by atoms with Crippen LogP contribution in [-0.4, -0.2) is 0 Å². The van der Waals surface area contributed by atoms with Gasteiger partial charge in [-0.3, -0.25) is 0 Å². The molecule has 0 radical (unpaired) electrons. The molecule has 0 aliphatic heterocycles. The van der Waals surface area contributed by atoms with Crippen LogP contribution in [0.15, 0.2) is 36.4 Å². The van der Waals surface area contributed by atoms with Gasteiger partial charge >= 0.3 is 0 Å². The van der Waals surface area contributed by atoms with Gasteiger partial charge in [0.1, 0.15) is 0 Å². The van der Waals surface area contributed by atoms with Crippen LogP contribution in [0.1, 0.15) is 22.7 Å². The van der Waals surface area contributed by atoms with Crippen molar-refractivity contribution in [2.75, 3.05) is 0 Å². The summed E-state index contributed by atoms with van der Waals surface area (Å²) in [4.78, 5) is 0. The van der Waals surface area contributed by atoms with E-state index in [1.54, 1.807) is 6.07 Å². The van der Waals surface area contributed by atoms with Gasteiger partial charge in [0.15, 0.2) is 0 Å². The predicted molar refractivity (Wildman–Crippen MR) is 83.3 cm³/mol. The minimum Gasteiger partial charge on any atom is -0.324 e. The number of halogens is 3. The van der Waals surface area contributed by atoms with Crippen LogP contribution < -0.4 is 5.73 Å². The highest BCUT2D eigenvalue weighted by Crippen LogP contribution is 2.27. The van der Waals surface area contributed by atoms with E-state index in [1.165, 1.54) is 0 Å². The van der Waals surface area contributed by atoms with E-state index in [0.29, 0.717) is 16.5 Å². The number of hydrogen-bond donors (Lipinski definition) is 1. The second kappa shape index (κ2) is 6.15. The van der Waals surface area contributed by atoms with Crippen LogP contribution in [0.5, 0.6) is 0 Å². The van der Waals surface area contributed by atoms with E-state index in [9.17, 15) is 0 Å². The molecule has 0 heterocycles. The highest BCUT2D eigenvalue weighted by Gasteiger charge is 2.11. The Bertz CT molecular complexity index is 596. The van der Waals surface area contributed by atoms with Crippen LogP contribution in [0, 0.1) is 6.92 Å². The van der Waals surface area contributed by atoms with Gasteiger partial charge in [0.2, 0.25) is 0 Å². The summed E-state index contributed by atoms with van der Waals surface area (Å²) in [5, 5.41) is 2.00. The van der Waals surface area contributed by atoms with Gasteiger partial charge in [0.25, 0.3) is 0 Å². The van der Waals surface area contributed by atoms with Crippen molar-refractivity contribution in [2.24, 2.45) is 5.73 Å². The summed E-state index contributed by atoms with van der Waals surface area (Å²) in [6, 6.07) is 11.2. The Balaban J connectivity index is 2.20. The molecular formula is C15H14Cl3N. The molecule has 0 saturated carbocycles. The molecule has 2 N–H and O–H groups in total. The van der Waals surface area contributed by atoms with E-state index in [2.05, 4.69) is 0 Å². The lowest BCUT2D eigenvalue weighted by Crippen LogP contribution is -2.13. The first-order valence-electron chi connectivity index (χ1n) is 5.93. The Morgan fingerprint density at radius 1 is 1.00 bits per heavy atom. The average Bonchev–Trinajstić information content (AvgIpc) is 2.36. The fraction of sp³-hybridized carbons (Fsp3) is 0.200. The van der Waals surface area contributed by atoms with Gasteiger partial charge in [-0.05, 0) is 48.2 Å². The summed E-state index contributed by atoms with van der Waals surface area (Å²) >= 11 is 18.1. The summed E-state index contributed by atoms with van der Waals surface area (Å²) < 4.78 is 0. The number of aryl methyl sites for hydroxylation is 1. The minimum absolute atomic E-state index is 0.142. The molecule has 100 valence electrons. The van der Waals surface area contributed by atoms with E-state index in [1.807, 2.05) is 37.3 Å². The van der Waals surface area contributed by atoms with Crippen LogP contribution in [0.25, 0.3) is 0 Å². The van der Waals surface area contributed by atoms with Gasteiger partial charge < -0.3 is 5.73 Å². The molecule has 2 aromatic carbocycles. The summed E-state index contributed by atoms with van der Waals surface area (Å²) in [5.74, 6) is 0. The van der Waals surface area contributed by atoms with Gasteiger partial charge in [0, 0.05) is 21.1 Å². The standard InChI is InChI=1S/C15H14Cl3N/c1-9-2-3-11(6-13(9)17)15(19)7-10-4-5-12(16)8-14(10)18/h2-6,8,15H,7,19H2,1H3. The normalized spacial score (nSPS) is 12.5. The second-order valence-corrected chi connectivity index (χ2v) is 5.81. The van der Waals surface area contributed by atoms with Gasteiger partial charge in [-0.15, -0.1) is 0 Å². The molecule has 4 heteroatoms. The van der Waals surface area contributed by atoms with E-state index in [-0.39, 0.29) is 6.04 Å². The number of rotatable bonds is 3. The average molecular weight is 315 g/mol. The maximum atomic E-state index is 6.20. The van der Waals surface area contributed by atoms with Gasteiger partial charge in [0.05, 0.1) is 0 Å². The SMILES string of the molecule is Cc1ccc(C(N)Cc2ccc(Cl)cc2Cl)cc1Cl. The molecule has 0 fully saturated rings. The van der Waals surface area contributed by atoms with Crippen LogP contribution in [0.2, 0.25) is 15.1 Å². The van der Waals surface area contributed by atoms with E-state index >= 15 is 0 Å². The van der Waals surface area contributed by atoms with E-state index in [0.717, 1.165) is 21.7 Å². The summed E-state index contributed by atoms with van der Waals surface area (Å²) in [5.41, 5.74) is 9.23. The fourth-order valence-electron chi connectivity index (χ4n) is 1.88. The smallest absolute Gasteiger partial charge is 0.0453 e. The van der Waals surface area contributed by atoms with Gasteiger partial charge in [-0.25, -0.2) is 0 Å². The Labute approximate surface area is 128 Å². The lowest BCUT2D eigenvalue weighted by molar-refractivity contribution is 0.722. The molecule has 0 aromatic heterocycles. The van der Waals surface area contributed by atoms with Crippen molar-refractivity contribution in [2.45, 2.75) is 19.4 Å². The Morgan fingerprint density at radius 3 is 2.37 bits per heavy atom. The van der Waals surface area contributed by atoms with Crippen molar-refractivity contribution in [1.82, 2.24) is 0 Å². The molecule has 0 bridgehead atoms. The van der Waals surface area contributed by atoms with Crippen molar-refractivity contribution in [3.05, 3.63) is 68.2 Å². The molecule has 19 heavy (non-hydrogen) atoms. The highest BCUT2D eigenvalue weighted by molar-refractivity contribution is 6.35. The third-order valence-electron chi connectivity index (χ3n) is 3.08. The predicted octanol–water partition coefficient (Wildman–Crippen LogP) is 5.20. The quantitative estimate of drug-likeness (QED) is 0.828. The number of hydrogen-bond acceptors (Lipinski definition) is 1. The van der Waals surface area contributed by atoms with Crippen LogP contribution in [-0.2, 0) is 6.42 Å². The molecule has 1 nitrogen and oxygen atoms in total. The van der Waals surface area contributed by atoms with Crippen molar-refractivity contribution >= 4 is 34.8 Å². The first kappa shape index (κ1) is 14.7. The third-order valence-corrected chi connectivity index (χ3v) is 4.07. The van der Waals surface area contributed by atoms with Crippen molar-refractivity contribution < 1.29 is 0 Å². The number of benzene rings is 2. The van der Waals surface area contributed by atoms with Crippen molar-refractivity contribution in [3.8, 4) is 0 Å². The maximum Gasteiger partial charge on any atom is 0.0453 e. The van der Waals surface area contributed by atoms with Crippen molar-refractivity contribution in [3.63, 3.8) is 0 Å². The second-order valence-electron chi connectivity index (χ2n) is 4.55. The molecule has 0 amide bonds. The molecule has 2 aromatic rings. The summed E-state index contributed by atoms with van der Waals surface area (Å²) in [6.45, 7) is 1.97.